The number of morpholine rings is 1. The van der Waals surface area contributed by atoms with Crippen molar-refractivity contribution in [1.29, 1.82) is 0 Å². The van der Waals surface area contributed by atoms with Gasteiger partial charge in [0.15, 0.2) is 11.4 Å². The van der Waals surface area contributed by atoms with Crippen LogP contribution in [0.2, 0.25) is 5.02 Å². The molecule has 3 aromatic rings. The van der Waals surface area contributed by atoms with E-state index < -0.39 is 6.09 Å². The van der Waals surface area contributed by atoms with Crippen molar-refractivity contribution < 1.29 is 19.1 Å². The van der Waals surface area contributed by atoms with Crippen molar-refractivity contribution in [3.63, 3.8) is 0 Å². The van der Waals surface area contributed by atoms with E-state index in [1.54, 1.807) is 12.3 Å². The lowest BCUT2D eigenvalue weighted by atomic mass is 9.97. The fourth-order valence-electron chi connectivity index (χ4n) is 4.38. The largest absolute Gasteiger partial charge is 0.465 e. The first-order valence-electron chi connectivity index (χ1n) is 11.4. The molecule has 0 atom stereocenters. The van der Waals surface area contributed by atoms with Crippen LogP contribution >= 0.6 is 11.6 Å². The van der Waals surface area contributed by atoms with Crippen LogP contribution in [-0.2, 0) is 4.74 Å². The minimum atomic E-state index is -0.853. The Morgan fingerprint density at radius 3 is 2.68 bits per heavy atom. The molecule has 34 heavy (non-hydrogen) atoms. The Morgan fingerprint density at radius 1 is 1.15 bits per heavy atom. The lowest BCUT2D eigenvalue weighted by Crippen LogP contribution is -2.39. The molecule has 2 aliphatic rings. The maximum atomic E-state index is 11.1. The fourth-order valence-corrected chi connectivity index (χ4v) is 4.68. The Kier molecular flexibility index (Phi) is 6.59. The minimum absolute atomic E-state index is 0.360. The van der Waals surface area contributed by atoms with E-state index in [1.807, 2.05) is 18.2 Å². The van der Waals surface area contributed by atoms with Crippen molar-refractivity contribution in [1.82, 2.24) is 14.9 Å². The number of aromatic nitrogens is 2. The molecule has 0 bridgehead atoms. The zero-order chi connectivity index (χ0) is 23.5. The van der Waals surface area contributed by atoms with Crippen LogP contribution in [0.15, 0.2) is 34.9 Å². The Hall–Kier alpha value is -3.24. The SMILES string of the molecule is O=C(O)N1CCC(CNc2nc(Nc3ccc(N4CCOCC4)c(Cl)c3)nc3ccoc23)CC1. The number of ether oxygens (including phenoxy) is 1. The molecule has 0 aliphatic carbocycles. The van der Waals surface area contributed by atoms with Gasteiger partial charge < -0.3 is 34.7 Å². The van der Waals surface area contributed by atoms with Gasteiger partial charge in [0, 0.05) is 44.5 Å². The third-order valence-electron chi connectivity index (χ3n) is 6.30. The van der Waals surface area contributed by atoms with E-state index in [1.165, 1.54) is 4.90 Å². The molecule has 0 radical (unpaired) electrons. The lowest BCUT2D eigenvalue weighted by Gasteiger charge is -2.30. The zero-order valence-electron chi connectivity index (χ0n) is 18.7. The molecule has 10 nitrogen and oxygen atoms in total. The molecular formula is C23H27ClN6O4. The van der Waals surface area contributed by atoms with Crippen LogP contribution in [0, 0.1) is 5.92 Å². The molecule has 4 heterocycles. The molecule has 11 heteroatoms. The Labute approximate surface area is 201 Å². The first-order valence-corrected chi connectivity index (χ1v) is 11.8. The summed E-state index contributed by atoms with van der Waals surface area (Å²) in [6, 6.07) is 7.63. The van der Waals surface area contributed by atoms with Gasteiger partial charge in [-0.25, -0.2) is 9.78 Å². The second-order valence-corrected chi connectivity index (χ2v) is 8.92. The van der Waals surface area contributed by atoms with Crippen LogP contribution < -0.4 is 15.5 Å². The highest BCUT2D eigenvalue weighted by Gasteiger charge is 2.23. The first kappa shape index (κ1) is 22.5. The molecule has 2 fully saturated rings. The number of carboxylic acid groups (broad SMARTS) is 1. The lowest BCUT2D eigenvalue weighted by molar-refractivity contribution is 0.122. The summed E-state index contributed by atoms with van der Waals surface area (Å²) in [5.74, 6) is 1.40. The van der Waals surface area contributed by atoms with Gasteiger partial charge in [-0.15, -0.1) is 0 Å². The predicted molar refractivity (Wildman–Crippen MR) is 130 cm³/mol. The second-order valence-electron chi connectivity index (χ2n) is 8.52. The topological polar surface area (TPSA) is 116 Å². The molecule has 0 saturated carbocycles. The number of hydrogen-bond acceptors (Lipinski definition) is 8. The van der Waals surface area contributed by atoms with E-state index in [4.69, 9.17) is 25.9 Å². The first-order chi connectivity index (χ1) is 16.6. The molecule has 5 rings (SSSR count). The number of likely N-dealkylation sites (tertiary alicyclic amines) is 1. The number of piperidine rings is 1. The minimum Gasteiger partial charge on any atom is -0.465 e. The second kappa shape index (κ2) is 9.94. The summed E-state index contributed by atoms with van der Waals surface area (Å²) in [6.07, 6.45) is 2.36. The number of nitrogens with one attached hydrogen (secondary N) is 2. The van der Waals surface area contributed by atoms with Gasteiger partial charge in [-0.2, -0.15) is 4.98 Å². The van der Waals surface area contributed by atoms with E-state index >= 15 is 0 Å². The molecule has 2 aliphatic heterocycles. The molecular weight excluding hydrogens is 460 g/mol. The summed E-state index contributed by atoms with van der Waals surface area (Å²) in [6.45, 7) is 4.81. The number of fused-ring (bicyclic) bond motifs is 1. The van der Waals surface area contributed by atoms with E-state index in [-0.39, 0.29) is 0 Å². The number of benzene rings is 1. The van der Waals surface area contributed by atoms with Crippen molar-refractivity contribution in [2.75, 3.05) is 61.5 Å². The molecule has 0 spiro atoms. The number of hydrogen-bond donors (Lipinski definition) is 3. The van der Waals surface area contributed by atoms with Gasteiger partial charge in [-0.3, -0.25) is 0 Å². The molecule has 2 saturated heterocycles. The fraction of sp³-hybridized carbons (Fsp3) is 0.435. The molecule has 1 aromatic carbocycles. The van der Waals surface area contributed by atoms with Gasteiger partial charge in [-0.05, 0) is 37.0 Å². The average molecular weight is 487 g/mol. The molecule has 1 amide bonds. The highest BCUT2D eigenvalue weighted by Crippen LogP contribution is 2.31. The van der Waals surface area contributed by atoms with Crippen LogP contribution in [0.5, 0.6) is 0 Å². The Balaban J connectivity index is 1.28. The van der Waals surface area contributed by atoms with Crippen molar-refractivity contribution in [3.05, 3.63) is 35.6 Å². The number of rotatable bonds is 6. The van der Waals surface area contributed by atoms with E-state index in [2.05, 4.69) is 25.5 Å². The van der Waals surface area contributed by atoms with Gasteiger partial charge >= 0.3 is 6.09 Å². The van der Waals surface area contributed by atoms with Gasteiger partial charge in [0.1, 0.15) is 5.52 Å². The molecule has 2 aromatic heterocycles. The normalized spacial score (nSPS) is 17.2. The summed E-state index contributed by atoms with van der Waals surface area (Å²) in [5.41, 5.74) is 3.06. The molecule has 3 N–H and O–H groups in total. The van der Waals surface area contributed by atoms with E-state index in [9.17, 15) is 4.79 Å². The number of carbonyl (C=O) groups is 1. The smallest absolute Gasteiger partial charge is 0.407 e. The number of nitrogens with zero attached hydrogens (tertiary/aromatic N) is 4. The van der Waals surface area contributed by atoms with Crippen LogP contribution in [0.1, 0.15) is 12.8 Å². The van der Waals surface area contributed by atoms with Gasteiger partial charge in [0.25, 0.3) is 0 Å². The highest BCUT2D eigenvalue weighted by atomic mass is 35.5. The summed E-state index contributed by atoms with van der Waals surface area (Å²) < 4.78 is 11.0. The Bertz CT molecular complexity index is 1160. The maximum Gasteiger partial charge on any atom is 0.407 e. The third kappa shape index (κ3) is 4.97. The summed E-state index contributed by atoms with van der Waals surface area (Å²) in [5, 5.41) is 16.4. The highest BCUT2D eigenvalue weighted by molar-refractivity contribution is 6.33. The average Bonchev–Trinajstić information content (AvgIpc) is 3.32. The number of amides is 1. The van der Waals surface area contributed by atoms with E-state index in [0.29, 0.717) is 66.7 Å². The summed E-state index contributed by atoms with van der Waals surface area (Å²) >= 11 is 6.57. The number of furan rings is 1. The Morgan fingerprint density at radius 2 is 1.94 bits per heavy atom. The maximum absolute atomic E-state index is 11.1. The standard InChI is InChI=1S/C23H27ClN6O4/c24-17-13-16(1-2-19(17)29-8-11-33-12-9-29)26-22-27-18-5-10-34-20(18)21(28-22)25-14-15-3-6-30(7-4-15)23(31)32/h1-2,5,10,13,15H,3-4,6-9,11-12,14H2,(H,31,32)(H2,25,26,27,28). The van der Waals surface area contributed by atoms with E-state index in [0.717, 1.165) is 37.3 Å². The monoisotopic (exact) mass is 486 g/mol. The zero-order valence-corrected chi connectivity index (χ0v) is 19.4. The molecule has 180 valence electrons. The van der Waals surface area contributed by atoms with Crippen LogP contribution in [0.25, 0.3) is 11.1 Å². The predicted octanol–water partition coefficient (Wildman–Crippen LogP) is 4.26. The van der Waals surface area contributed by atoms with Crippen molar-refractivity contribution in [2.45, 2.75) is 12.8 Å². The van der Waals surface area contributed by atoms with Crippen LogP contribution in [-0.4, -0.2) is 72.0 Å². The van der Waals surface area contributed by atoms with Crippen molar-refractivity contribution in [3.8, 4) is 0 Å². The summed E-state index contributed by atoms with van der Waals surface area (Å²) in [4.78, 5) is 24.0. The van der Waals surface area contributed by atoms with Crippen LogP contribution in [0.4, 0.5) is 27.9 Å². The summed E-state index contributed by atoms with van der Waals surface area (Å²) in [7, 11) is 0. The van der Waals surface area contributed by atoms with Gasteiger partial charge in [-0.1, -0.05) is 11.6 Å². The van der Waals surface area contributed by atoms with Crippen LogP contribution in [0.3, 0.4) is 0 Å². The van der Waals surface area contributed by atoms with Gasteiger partial charge in [0.05, 0.1) is 30.2 Å². The number of halogens is 1. The third-order valence-corrected chi connectivity index (χ3v) is 6.61. The quantitative estimate of drug-likeness (QED) is 0.470. The van der Waals surface area contributed by atoms with Gasteiger partial charge in [0.2, 0.25) is 5.95 Å². The van der Waals surface area contributed by atoms with Crippen molar-refractivity contribution >= 4 is 51.9 Å². The molecule has 0 unspecified atom stereocenters. The number of anilines is 4. The van der Waals surface area contributed by atoms with Crippen molar-refractivity contribution in [2.24, 2.45) is 5.92 Å².